The van der Waals surface area contributed by atoms with Gasteiger partial charge in [-0.15, -0.1) is 0 Å². The van der Waals surface area contributed by atoms with Crippen LogP contribution in [0, 0.1) is 0 Å². The van der Waals surface area contributed by atoms with Crippen molar-refractivity contribution in [2.24, 2.45) is 15.8 Å². The number of aliphatic imine (C=N–C) groups is 1. The molecule has 1 amide bonds. The van der Waals surface area contributed by atoms with Gasteiger partial charge in [0.15, 0.2) is 11.6 Å². The van der Waals surface area contributed by atoms with Gasteiger partial charge in [0, 0.05) is 10.6 Å². The predicted octanol–water partition coefficient (Wildman–Crippen LogP) is 1.40. The number of ether oxygens (including phenoxy) is 1. The van der Waals surface area contributed by atoms with E-state index in [9.17, 15) is 4.79 Å². The van der Waals surface area contributed by atoms with Crippen molar-refractivity contribution >= 4 is 28.6 Å². The van der Waals surface area contributed by atoms with Gasteiger partial charge >= 0.3 is 0 Å². The van der Waals surface area contributed by atoms with E-state index in [4.69, 9.17) is 20.4 Å². The number of rotatable bonds is 3. The van der Waals surface area contributed by atoms with Crippen molar-refractivity contribution in [3.05, 3.63) is 34.5 Å². The van der Waals surface area contributed by atoms with Crippen LogP contribution in [0.1, 0.15) is 5.89 Å². The van der Waals surface area contributed by atoms with Gasteiger partial charge in [-0.1, -0.05) is 11.2 Å². The quantitative estimate of drug-likeness (QED) is 0.512. The molecule has 0 saturated carbocycles. The lowest BCUT2D eigenvalue weighted by Crippen LogP contribution is -2.27. The minimum absolute atomic E-state index is 0.0768. The summed E-state index contributed by atoms with van der Waals surface area (Å²) in [6.45, 7) is 0.0768. The van der Waals surface area contributed by atoms with Crippen LogP contribution < -0.4 is 5.73 Å². The number of primary amides is 1. The second-order valence-corrected chi connectivity index (χ2v) is 4.02. The number of benzene rings is 1. The molecule has 20 heavy (non-hydrogen) atoms. The van der Waals surface area contributed by atoms with Gasteiger partial charge < -0.3 is 14.9 Å². The smallest absolute Gasteiger partial charge is 0.283 e. The monoisotopic (exact) mass is 272 g/mol. The third kappa shape index (κ3) is 2.02. The fourth-order valence-corrected chi connectivity index (χ4v) is 1.76. The van der Waals surface area contributed by atoms with Crippen molar-refractivity contribution in [3.8, 4) is 0 Å². The second kappa shape index (κ2) is 4.56. The van der Waals surface area contributed by atoms with Gasteiger partial charge in [0.2, 0.25) is 5.91 Å². The Morgan fingerprint density at radius 3 is 3.10 bits per heavy atom. The van der Waals surface area contributed by atoms with E-state index in [0.717, 1.165) is 0 Å². The van der Waals surface area contributed by atoms with Crippen molar-refractivity contribution in [2.45, 2.75) is 6.04 Å². The molecular weight excluding hydrogens is 264 g/mol. The van der Waals surface area contributed by atoms with Crippen LogP contribution in [0.5, 0.6) is 0 Å². The fraction of sp³-hybridized carbons (Fsp3) is 0.182. The maximum atomic E-state index is 11.0. The lowest BCUT2D eigenvalue weighted by atomic mass is 10.3. The molecule has 1 aromatic carbocycles. The summed E-state index contributed by atoms with van der Waals surface area (Å²) in [5.74, 6) is -0.279. The molecule has 9 heteroatoms. The Labute approximate surface area is 111 Å². The number of carbonyl (C=O) groups is 1. The second-order valence-electron chi connectivity index (χ2n) is 4.02. The summed E-state index contributed by atoms with van der Waals surface area (Å²) < 4.78 is 10.7. The largest absolute Gasteiger partial charge is 0.471 e. The Kier molecular flexibility index (Phi) is 2.73. The number of nitrogens with two attached hydrogens (primary N) is 1. The predicted molar refractivity (Wildman–Crippen MR) is 68.3 cm³/mol. The molecule has 100 valence electrons. The molecule has 0 aliphatic carbocycles. The maximum Gasteiger partial charge on any atom is 0.283 e. The van der Waals surface area contributed by atoms with E-state index in [1.54, 1.807) is 18.2 Å². The molecule has 0 fully saturated rings. The number of hydrogen-bond acceptors (Lipinski definition) is 6. The number of fused-ring (bicyclic) bond motifs is 1. The number of amides is 1. The maximum absolute atomic E-state index is 11.0. The van der Waals surface area contributed by atoms with Gasteiger partial charge in [-0.3, -0.25) is 4.79 Å². The van der Waals surface area contributed by atoms with Gasteiger partial charge in [-0.05, 0) is 17.7 Å². The van der Waals surface area contributed by atoms with E-state index in [1.807, 2.05) is 0 Å². The molecule has 3 rings (SSSR count). The first-order valence-electron chi connectivity index (χ1n) is 5.63. The molecule has 1 unspecified atom stereocenters. The Balaban J connectivity index is 1.99. The minimum atomic E-state index is -0.723. The highest BCUT2D eigenvalue weighted by Crippen LogP contribution is 2.23. The topological polar surface area (TPSA) is 139 Å². The Morgan fingerprint density at radius 2 is 2.40 bits per heavy atom. The third-order valence-electron chi connectivity index (χ3n) is 2.69. The van der Waals surface area contributed by atoms with Gasteiger partial charge in [-0.25, -0.2) is 9.98 Å². The number of azide groups is 1. The van der Waals surface area contributed by atoms with E-state index in [0.29, 0.717) is 16.8 Å². The molecule has 2 aromatic rings. The van der Waals surface area contributed by atoms with Gasteiger partial charge in [0.05, 0.1) is 0 Å². The molecule has 0 saturated heterocycles. The van der Waals surface area contributed by atoms with E-state index < -0.39 is 11.9 Å². The van der Waals surface area contributed by atoms with Crippen molar-refractivity contribution in [2.75, 3.05) is 6.61 Å². The number of carbonyl (C=O) groups excluding carboxylic acids is 1. The van der Waals surface area contributed by atoms with Crippen LogP contribution in [0.2, 0.25) is 0 Å². The molecule has 0 spiro atoms. The number of nitrogens with zero attached hydrogens (tertiary/aromatic N) is 5. The number of oxazole rings is 1. The van der Waals surface area contributed by atoms with Crippen LogP contribution in [-0.4, -0.2) is 29.4 Å². The van der Waals surface area contributed by atoms with Crippen LogP contribution in [0.3, 0.4) is 0 Å². The average Bonchev–Trinajstić information content (AvgIpc) is 3.05. The summed E-state index contributed by atoms with van der Waals surface area (Å²) >= 11 is 0. The first kappa shape index (κ1) is 12.0. The third-order valence-corrected chi connectivity index (χ3v) is 2.69. The molecule has 1 aliphatic rings. The van der Waals surface area contributed by atoms with Crippen molar-refractivity contribution in [1.29, 1.82) is 0 Å². The zero-order chi connectivity index (χ0) is 14.1. The Morgan fingerprint density at radius 1 is 1.55 bits per heavy atom. The van der Waals surface area contributed by atoms with Crippen molar-refractivity contribution < 1.29 is 13.9 Å². The summed E-state index contributed by atoms with van der Waals surface area (Å²) in [4.78, 5) is 21.9. The van der Waals surface area contributed by atoms with E-state index >= 15 is 0 Å². The molecule has 1 aliphatic heterocycles. The summed E-state index contributed by atoms with van der Waals surface area (Å²) in [6, 6.07) is 4.08. The van der Waals surface area contributed by atoms with Crippen LogP contribution in [-0.2, 0) is 9.53 Å². The van der Waals surface area contributed by atoms with Gasteiger partial charge in [0.1, 0.15) is 12.1 Å². The summed E-state index contributed by atoms with van der Waals surface area (Å²) in [7, 11) is 0. The summed E-state index contributed by atoms with van der Waals surface area (Å²) in [6.07, 6.45) is 0. The minimum Gasteiger partial charge on any atom is -0.471 e. The Bertz CT molecular complexity index is 774. The first-order valence-corrected chi connectivity index (χ1v) is 5.63. The summed E-state index contributed by atoms with van der Waals surface area (Å²) in [5.41, 5.74) is 14.9. The van der Waals surface area contributed by atoms with Crippen molar-refractivity contribution in [1.82, 2.24) is 4.98 Å². The molecule has 2 N–H and O–H groups in total. The van der Waals surface area contributed by atoms with Gasteiger partial charge in [-0.2, -0.15) is 0 Å². The molecule has 1 aromatic heterocycles. The highest BCUT2D eigenvalue weighted by atomic mass is 16.5. The standard InChI is InChI=1S/C11H8N6O3/c12-9(18)7-4-19-10(15-7)11-14-6-2-1-5(16-17-13)3-8(6)20-11/h1-3,7H,4H2,(H2,12,18). The number of hydrogen-bond donors (Lipinski definition) is 1. The van der Waals surface area contributed by atoms with E-state index in [-0.39, 0.29) is 18.4 Å². The molecule has 0 bridgehead atoms. The SMILES string of the molecule is [N-]=[N+]=Nc1ccc2nc(C3=NC(C(N)=O)CO3)oc2c1. The van der Waals surface area contributed by atoms with Crippen LogP contribution in [0.4, 0.5) is 5.69 Å². The van der Waals surface area contributed by atoms with Crippen LogP contribution in [0.25, 0.3) is 21.5 Å². The lowest BCUT2D eigenvalue weighted by Gasteiger charge is -1.95. The van der Waals surface area contributed by atoms with E-state index in [2.05, 4.69) is 20.0 Å². The number of aromatic nitrogens is 1. The molecule has 1 atom stereocenters. The lowest BCUT2D eigenvalue weighted by molar-refractivity contribution is -0.119. The highest BCUT2D eigenvalue weighted by molar-refractivity contribution is 5.96. The molecule has 0 radical (unpaired) electrons. The highest BCUT2D eigenvalue weighted by Gasteiger charge is 2.27. The zero-order valence-electron chi connectivity index (χ0n) is 10.1. The molecule has 9 nitrogen and oxygen atoms in total. The van der Waals surface area contributed by atoms with Crippen LogP contribution in [0.15, 0.2) is 32.7 Å². The van der Waals surface area contributed by atoms with Gasteiger partial charge in [0.25, 0.3) is 11.8 Å². The normalized spacial score (nSPS) is 17.4. The molecule has 2 heterocycles. The van der Waals surface area contributed by atoms with Crippen molar-refractivity contribution in [3.63, 3.8) is 0 Å². The zero-order valence-corrected chi connectivity index (χ0v) is 10.1. The summed E-state index contributed by atoms with van der Waals surface area (Å²) in [5, 5.41) is 3.47. The Hall–Kier alpha value is -3.06. The van der Waals surface area contributed by atoms with E-state index in [1.165, 1.54) is 0 Å². The average molecular weight is 272 g/mol. The first-order chi connectivity index (χ1) is 9.67. The van der Waals surface area contributed by atoms with Crippen LogP contribution >= 0.6 is 0 Å². The molecular formula is C11H8N6O3. The fourth-order valence-electron chi connectivity index (χ4n) is 1.76.